The van der Waals surface area contributed by atoms with Crippen LogP contribution in [-0.2, 0) is 0 Å². The van der Waals surface area contributed by atoms with Crippen molar-refractivity contribution >= 4 is 34.7 Å². The Hall–Kier alpha value is -1.39. The number of halogens is 2. The van der Waals surface area contributed by atoms with Gasteiger partial charge in [0, 0.05) is 10.7 Å². The Kier molecular flexibility index (Phi) is 2.99. The van der Waals surface area contributed by atoms with E-state index in [1.165, 1.54) is 6.20 Å². The summed E-state index contributed by atoms with van der Waals surface area (Å²) in [7, 11) is 0. The first-order valence-electron chi connectivity index (χ1n) is 4.12. The van der Waals surface area contributed by atoms with Gasteiger partial charge in [-0.2, -0.15) is 10.1 Å². The predicted octanol–water partition coefficient (Wildman–Crippen LogP) is 2.92. The summed E-state index contributed by atoms with van der Waals surface area (Å²) in [5.41, 5.74) is 0.819. The molecule has 1 heterocycles. The fourth-order valence-corrected chi connectivity index (χ4v) is 1.38. The number of rotatable bonds is 2. The molecule has 0 aliphatic heterocycles. The first kappa shape index (κ1) is 10.1. The Morgan fingerprint density at radius 2 is 2.07 bits per heavy atom. The summed E-state index contributed by atoms with van der Waals surface area (Å²) < 4.78 is 0. The first-order chi connectivity index (χ1) is 7.24. The molecule has 0 fully saturated rings. The molecule has 2 rings (SSSR count). The van der Waals surface area contributed by atoms with Crippen molar-refractivity contribution in [1.29, 1.82) is 0 Å². The van der Waals surface area contributed by atoms with Gasteiger partial charge in [-0.15, -0.1) is 5.10 Å². The molecule has 0 aliphatic carbocycles. The molecular formula is C9H6Cl2N4. The van der Waals surface area contributed by atoms with E-state index in [1.807, 2.05) is 12.1 Å². The lowest BCUT2D eigenvalue weighted by Crippen LogP contribution is -1.96. The summed E-state index contributed by atoms with van der Waals surface area (Å²) in [4.78, 5) is 3.94. The van der Waals surface area contributed by atoms with E-state index in [0.717, 1.165) is 5.69 Å². The van der Waals surface area contributed by atoms with E-state index in [-0.39, 0.29) is 5.28 Å². The molecule has 0 unspecified atom stereocenters. The molecule has 0 spiro atoms. The topological polar surface area (TPSA) is 50.7 Å². The molecule has 2 aromatic rings. The van der Waals surface area contributed by atoms with Crippen molar-refractivity contribution < 1.29 is 0 Å². The molecule has 0 radical (unpaired) electrons. The van der Waals surface area contributed by atoms with Gasteiger partial charge in [0.15, 0.2) is 5.82 Å². The second-order valence-electron chi connectivity index (χ2n) is 2.75. The van der Waals surface area contributed by atoms with Crippen LogP contribution >= 0.6 is 23.2 Å². The van der Waals surface area contributed by atoms with Crippen LogP contribution in [0.4, 0.5) is 11.5 Å². The number of hydrogen-bond acceptors (Lipinski definition) is 4. The van der Waals surface area contributed by atoms with Crippen LogP contribution in [0, 0.1) is 0 Å². The summed E-state index contributed by atoms with van der Waals surface area (Å²) in [6.45, 7) is 0. The van der Waals surface area contributed by atoms with E-state index in [9.17, 15) is 0 Å². The second-order valence-corrected chi connectivity index (χ2v) is 3.52. The largest absolute Gasteiger partial charge is 0.339 e. The minimum Gasteiger partial charge on any atom is -0.339 e. The molecule has 0 bridgehead atoms. The fraction of sp³-hybridized carbons (Fsp3) is 0. The minimum absolute atomic E-state index is 0.0991. The second kappa shape index (κ2) is 4.42. The number of hydrogen-bond donors (Lipinski definition) is 1. The van der Waals surface area contributed by atoms with Gasteiger partial charge in [0.25, 0.3) is 0 Å². The maximum Gasteiger partial charge on any atom is 0.244 e. The van der Waals surface area contributed by atoms with Gasteiger partial charge in [0.05, 0.1) is 6.20 Å². The van der Waals surface area contributed by atoms with E-state index >= 15 is 0 Å². The molecule has 0 saturated carbocycles. The lowest BCUT2D eigenvalue weighted by atomic mass is 10.3. The Bertz CT molecular complexity index is 432. The van der Waals surface area contributed by atoms with Gasteiger partial charge in [-0.1, -0.05) is 17.7 Å². The number of nitrogens with zero attached hydrogens (tertiary/aromatic N) is 3. The van der Waals surface area contributed by atoms with Crippen LogP contribution in [0.15, 0.2) is 30.5 Å². The Morgan fingerprint density at radius 3 is 2.80 bits per heavy atom. The zero-order valence-electron chi connectivity index (χ0n) is 7.48. The SMILES string of the molecule is Clc1cccc(Nc2cnnc(Cl)n2)c1. The Balaban J connectivity index is 2.22. The van der Waals surface area contributed by atoms with E-state index in [4.69, 9.17) is 23.2 Å². The summed E-state index contributed by atoms with van der Waals surface area (Å²) in [6, 6.07) is 7.26. The third kappa shape index (κ3) is 2.78. The number of anilines is 2. The smallest absolute Gasteiger partial charge is 0.244 e. The molecule has 1 aromatic carbocycles. The molecule has 4 nitrogen and oxygen atoms in total. The molecule has 0 amide bonds. The molecule has 6 heteroatoms. The van der Waals surface area contributed by atoms with Crippen molar-refractivity contribution in [1.82, 2.24) is 15.2 Å². The normalized spacial score (nSPS) is 10.0. The van der Waals surface area contributed by atoms with Crippen molar-refractivity contribution in [2.75, 3.05) is 5.32 Å². The Morgan fingerprint density at radius 1 is 1.20 bits per heavy atom. The quantitative estimate of drug-likeness (QED) is 0.878. The average molecular weight is 241 g/mol. The first-order valence-corrected chi connectivity index (χ1v) is 4.87. The van der Waals surface area contributed by atoms with Crippen LogP contribution < -0.4 is 5.32 Å². The van der Waals surface area contributed by atoms with Crippen LogP contribution in [-0.4, -0.2) is 15.2 Å². The van der Waals surface area contributed by atoms with E-state index in [1.54, 1.807) is 12.1 Å². The summed E-state index contributed by atoms with van der Waals surface area (Å²) in [5.74, 6) is 0.525. The van der Waals surface area contributed by atoms with Crippen molar-refractivity contribution in [3.05, 3.63) is 40.8 Å². The highest BCUT2D eigenvalue weighted by Gasteiger charge is 1.98. The lowest BCUT2D eigenvalue weighted by molar-refractivity contribution is 0.974. The van der Waals surface area contributed by atoms with Gasteiger partial charge in [-0.25, -0.2) is 0 Å². The van der Waals surface area contributed by atoms with E-state index in [2.05, 4.69) is 20.5 Å². The number of aromatic nitrogens is 3. The molecule has 0 aliphatic rings. The maximum absolute atomic E-state index is 5.83. The molecule has 1 N–H and O–H groups in total. The highest BCUT2D eigenvalue weighted by atomic mass is 35.5. The molecule has 15 heavy (non-hydrogen) atoms. The Labute approximate surface area is 96.3 Å². The van der Waals surface area contributed by atoms with Crippen LogP contribution in [0.2, 0.25) is 10.3 Å². The molecule has 76 valence electrons. The third-order valence-electron chi connectivity index (χ3n) is 1.63. The van der Waals surface area contributed by atoms with Crippen LogP contribution in [0.3, 0.4) is 0 Å². The van der Waals surface area contributed by atoms with Gasteiger partial charge in [-0.3, -0.25) is 0 Å². The number of nitrogens with one attached hydrogen (secondary N) is 1. The van der Waals surface area contributed by atoms with Crippen LogP contribution in [0.5, 0.6) is 0 Å². The van der Waals surface area contributed by atoms with E-state index in [0.29, 0.717) is 10.8 Å². The van der Waals surface area contributed by atoms with Crippen molar-refractivity contribution in [3.63, 3.8) is 0 Å². The predicted molar refractivity (Wildman–Crippen MR) is 59.6 cm³/mol. The fourth-order valence-electron chi connectivity index (χ4n) is 1.06. The highest BCUT2D eigenvalue weighted by molar-refractivity contribution is 6.30. The van der Waals surface area contributed by atoms with Gasteiger partial charge < -0.3 is 5.32 Å². The van der Waals surface area contributed by atoms with Gasteiger partial charge in [0.2, 0.25) is 5.28 Å². The standard InChI is InChI=1S/C9H6Cl2N4/c10-6-2-1-3-7(4-6)13-8-5-12-15-9(11)14-8/h1-5H,(H,13,14,15). The monoisotopic (exact) mass is 240 g/mol. The summed E-state index contributed by atoms with van der Waals surface area (Å²) in [6.07, 6.45) is 1.48. The summed E-state index contributed by atoms with van der Waals surface area (Å²) >= 11 is 11.4. The van der Waals surface area contributed by atoms with Gasteiger partial charge in [0.1, 0.15) is 0 Å². The van der Waals surface area contributed by atoms with Crippen molar-refractivity contribution in [2.45, 2.75) is 0 Å². The molecule has 0 atom stereocenters. The van der Waals surface area contributed by atoms with Crippen LogP contribution in [0.25, 0.3) is 0 Å². The number of benzene rings is 1. The third-order valence-corrected chi connectivity index (χ3v) is 2.03. The van der Waals surface area contributed by atoms with Gasteiger partial charge >= 0.3 is 0 Å². The van der Waals surface area contributed by atoms with Crippen molar-refractivity contribution in [3.8, 4) is 0 Å². The van der Waals surface area contributed by atoms with Gasteiger partial charge in [-0.05, 0) is 29.8 Å². The minimum atomic E-state index is 0.0991. The maximum atomic E-state index is 5.83. The van der Waals surface area contributed by atoms with Crippen molar-refractivity contribution in [2.24, 2.45) is 0 Å². The molecular weight excluding hydrogens is 235 g/mol. The average Bonchev–Trinajstić information content (AvgIpc) is 2.17. The zero-order chi connectivity index (χ0) is 10.7. The molecule has 1 aromatic heterocycles. The summed E-state index contributed by atoms with van der Waals surface area (Å²) in [5, 5.41) is 10.9. The zero-order valence-corrected chi connectivity index (χ0v) is 9.00. The lowest BCUT2D eigenvalue weighted by Gasteiger charge is -2.04. The van der Waals surface area contributed by atoms with Crippen LogP contribution in [0.1, 0.15) is 0 Å². The molecule has 0 saturated heterocycles. The van der Waals surface area contributed by atoms with E-state index < -0.39 is 0 Å². The highest BCUT2D eigenvalue weighted by Crippen LogP contribution is 2.18.